The van der Waals surface area contributed by atoms with Crippen LogP contribution in [0, 0.1) is 11.7 Å². The molecule has 0 spiro atoms. The number of hydrogen-bond donors (Lipinski definition) is 1. The van der Waals surface area contributed by atoms with E-state index >= 15 is 0 Å². The van der Waals surface area contributed by atoms with Gasteiger partial charge in [0.1, 0.15) is 17.7 Å². The van der Waals surface area contributed by atoms with E-state index in [4.69, 9.17) is 19.2 Å². The molecule has 7 heteroatoms. The predicted molar refractivity (Wildman–Crippen MR) is 105 cm³/mol. The van der Waals surface area contributed by atoms with Crippen LogP contribution >= 0.6 is 0 Å². The first kappa shape index (κ1) is 21.4. The zero-order chi connectivity index (χ0) is 19.5. The summed E-state index contributed by atoms with van der Waals surface area (Å²) in [5, 5.41) is 3.36. The van der Waals surface area contributed by atoms with Crippen LogP contribution in [0.2, 0.25) is 0 Å². The van der Waals surface area contributed by atoms with Gasteiger partial charge in [0, 0.05) is 32.7 Å². The number of rotatable bonds is 10. The largest absolute Gasteiger partial charge is 0.489 e. The Bertz CT molecular complexity index is 568. The van der Waals surface area contributed by atoms with Crippen molar-refractivity contribution >= 4 is 5.96 Å². The van der Waals surface area contributed by atoms with Gasteiger partial charge in [0.05, 0.1) is 26.4 Å². The number of nitrogens with zero attached hydrogens (tertiary/aromatic N) is 2. The summed E-state index contributed by atoms with van der Waals surface area (Å²) in [6.45, 7) is 9.31. The number of guanidine groups is 1. The summed E-state index contributed by atoms with van der Waals surface area (Å²) in [6, 6.07) is 6.06. The van der Waals surface area contributed by atoms with E-state index in [1.54, 1.807) is 19.2 Å². The summed E-state index contributed by atoms with van der Waals surface area (Å²) in [4.78, 5) is 7.00. The first-order valence-electron chi connectivity index (χ1n) is 9.64. The topological polar surface area (TPSA) is 55.3 Å². The zero-order valence-corrected chi connectivity index (χ0v) is 16.6. The van der Waals surface area contributed by atoms with Gasteiger partial charge < -0.3 is 24.4 Å². The lowest BCUT2D eigenvalue weighted by atomic mass is 10.1. The van der Waals surface area contributed by atoms with Gasteiger partial charge in [-0.05, 0) is 44.5 Å². The first-order chi connectivity index (χ1) is 13.1. The number of benzene rings is 1. The third-order valence-electron chi connectivity index (χ3n) is 4.35. The van der Waals surface area contributed by atoms with Crippen LogP contribution in [-0.4, -0.2) is 70.1 Å². The van der Waals surface area contributed by atoms with Gasteiger partial charge in [-0.25, -0.2) is 9.38 Å². The Morgan fingerprint density at radius 1 is 1.33 bits per heavy atom. The van der Waals surface area contributed by atoms with Crippen LogP contribution in [0.3, 0.4) is 0 Å². The van der Waals surface area contributed by atoms with Crippen LogP contribution < -0.4 is 10.1 Å². The van der Waals surface area contributed by atoms with Gasteiger partial charge in [-0.15, -0.1) is 0 Å². The highest BCUT2D eigenvalue weighted by molar-refractivity contribution is 5.80. The fourth-order valence-electron chi connectivity index (χ4n) is 2.98. The Morgan fingerprint density at radius 3 is 2.81 bits per heavy atom. The van der Waals surface area contributed by atoms with Crippen molar-refractivity contribution in [3.8, 4) is 5.75 Å². The average molecular weight is 381 g/mol. The molecule has 0 amide bonds. The summed E-state index contributed by atoms with van der Waals surface area (Å²) in [7, 11) is 1.68. The van der Waals surface area contributed by atoms with Gasteiger partial charge >= 0.3 is 0 Å². The number of ether oxygens (including phenoxy) is 3. The molecular formula is C20H32FN3O3. The van der Waals surface area contributed by atoms with Crippen LogP contribution in [0.25, 0.3) is 0 Å². The minimum Gasteiger partial charge on any atom is -0.489 e. The molecule has 0 aliphatic carbocycles. The molecule has 6 nitrogen and oxygen atoms in total. The lowest BCUT2D eigenvalue weighted by molar-refractivity contribution is 0.0536. The van der Waals surface area contributed by atoms with E-state index in [-0.39, 0.29) is 11.9 Å². The minimum atomic E-state index is -0.266. The van der Waals surface area contributed by atoms with Gasteiger partial charge in [0.25, 0.3) is 0 Å². The second-order valence-electron chi connectivity index (χ2n) is 6.75. The first-order valence-corrected chi connectivity index (χ1v) is 9.64. The molecule has 1 aliphatic rings. The second-order valence-corrected chi connectivity index (χ2v) is 6.75. The summed E-state index contributed by atoms with van der Waals surface area (Å²) in [5.74, 6) is 1.81. The normalized spacial score (nSPS) is 18.6. The molecule has 1 aromatic rings. The molecule has 27 heavy (non-hydrogen) atoms. The highest BCUT2D eigenvalue weighted by atomic mass is 19.1. The van der Waals surface area contributed by atoms with Gasteiger partial charge in [-0.2, -0.15) is 0 Å². The van der Waals surface area contributed by atoms with Crippen LogP contribution in [0.1, 0.15) is 20.3 Å². The Kier molecular flexibility index (Phi) is 9.35. The molecule has 1 fully saturated rings. The highest BCUT2D eigenvalue weighted by Crippen LogP contribution is 2.17. The number of likely N-dealkylation sites (tertiary alicyclic amines) is 1. The van der Waals surface area contributed by atoms with Gasteiger partial charge in [-0.3, -0.25) is 0 Å². The Hall–Kier alpha value is -1.86. The summed E-state index contributed by atoms with van der Waals surface area (Å²) < 4.78 is 29.4. The average Bonchev–Trinajstić information content (AvgIpc) is 3.13. The van der Waals surface area contributed by atoms with Crippen molar-refractivity contribution in [3.63, 3.8) is 0 Å². The smallest absolute Gasteiger partial charge is 0.194 e. The third kappa shape index (κ3) is 7.72. The van der Waals surface area contributed by atoms with Crippen LogP contribution in [0.4, 0.5) is 4.39 Å². The molecule has 0 bridgehead atoms. The van der Waals surface area contributed by atoms with E-state index in [0.717, 1.165) is 38.6 Å². The lowest BCUT2D eigenvalue weighted by Gasteiger charge is -2.22. The van der Waals surface area contributed by atoms with Crippen molar-refractivity contribution in [3.05, 3.63) is 30.1 Å². The van der Waals surface area contributed by atoms with Crippen molar-refractivity contribution in [2.24, 2.45) is 10.9 Å². The number of hydrogen-bond acceptors (Lipinski definition) is 4. The maximum atomic E-state index is 13.0. The summed E-state index contributed by atoms with van der Waals surface area (Å²) >= 11 is 0. The fourth-order valence-corrected chi connectivity index (χ4v) is 2.98. The standard InChI is InChI=1S/C20H32FN3O3/c1-4-22-20(24-10-9-17(14-24)15-26-12-11-25-3)23-13-16(2)27-19-7-5-18(21)6-8-19/h5-8,16-17H,4,9-15H2,1-3H3,(H,22,23). The highest BCUT2D eigenvalue weighted by Gasteiger charge is 2.25. The van der Waals surface area contributed by atoms with E-state index in [1.165, 1.54) is 12.1 Å². The van der Waals surface area contributed by atoms with E-state index in [9.17, 15) is 4.39 Å². The minimum absolute atomic E-state index is 0.0973. The summed E-state index contributed by atoms with van der Waals surface area (Å²) in [5.41, 5.74) is 0. The van der Waals surface area contributed by atoms with Gasteiger partial charge in [0.2, 0.25) is 0 Å². The molecule has 0 saturated carbocycles. The third-order valence-corrected chi connectivity index (χ3v) is 4.35. The second kappa shape index (κ2) is 11.8. The van der Waals surface area contributed by atoms with Crippen molar-refractivity contribution in [2.75, 3.05) is 53.1 Å². The fraction of sp³-hybridized carbons (Fsp3) is 0.650. The van der Waals surface area contributed by atoms with Crippen LogP contribution in [0.15, 0.2) is 29.3 Å². The van der Waals surface area contributed by atoms with Crippen molar-refractivity contribution in [1.82, 2.24) is 10.2 Å². The van der Waals surface area contributed by atoms with Gasteiger partial charge in [0.15, 0.2) is 5.96 Å². The monoisotopic (exact) mass is 381 g/mol. The van der Waals surface area contributed by atoms with Gasteiger partial charge in [-0.1, -0.05) is 0 Å². The maximum absolute atomic E-state index is 13.0. The zero-order valence-electron chi connectivity index (χ0n) is 16.6. The molecule has 0 radical (unpaired) electrons. The van der Waals surface area contributed by atoms with Crippen molar-refractivity contribution < 1.29 is 18.6 Å². The van der Waals surface area contributed by atoms with Crippen molar-refractivity contribution in [2.45, 2.75) is 26.4 Å². The molecule has 152 valence electrons. The molecule has 1 heterocycles. The molecule has 2 rings (SSSR count). The van der Waals surface area contributed by atoms with Crippen LogP contribution in [0.5, 0.6) is 5.75 Å². The number of aliphatic imine (C=N–C) groups is 1. The molecule has 2 atom stereocenters. The Labute approximate surface area is 161 Å². The number of nitrogens with one attached hydrogen (secondary N) is 1. The van der Waals surface area contributed by atoms with Crippen molar-refractivity contribution in [1.29, 1.82) is 0 Å². The molecule has 1 aromatic carbocycles. The molecule has 1 N–H and O–H groups in total. The quantitative estimate of drug-likeness (QED) is 0.383. The Balaban J connectivity index is 1.81. The molecule has 1 saturated heterocycles. The predicted octanol–water partition coefficient (Wildman–Crippen LogP) is 2.54. The van der Waals surface area contributed by atoms with E-state index < -0.39 is 0 Å². The van der Waals surface area contributed by atoms with E-state index in [2.05, 4.69) is 17.1 Å². The number of halogens is 1. The lowest BCUT2D eigenvalue weighted by Crippen LogP contribution is -2.41. The van der Waals surface area contributed by atoms with E-state index in [0.29, 0.717) is 31.4 Å². The molecular weight excluding hydrogens is 349 g/mol. The number of methoxy groups -OCH3 is 1. The molecule has 0 aromatic heterocycles. The molecule has 1 aliphatic heterocycles. The Morgan fingerprint density at radius 2 is 2.11 bits per heavy atom. The molecule has 2 unspecified atom stereocenters. The maximum Gasteiger partial charge on any atom is 0.194 e. The van der Waals surface area contributed by atoms with Crippen LogP contribution in [-0.2, 0) is 9.47 Å². The van der Waals surface area contributed by atoms with E-state index in [1.807, 2.05) is 6.92 Å². The SMILES string of the molecule is CCNC(=NCC(C)Oc1ccc(F)cc1)N1CCC(COCCOC)C1. The summed E-state index contributed by atoms with van der Waals surface area (Å²) in [6.07, 6.45) is 0.999.